The lowest BCUT2D eigenvalue weighted by atomic mass is 10.2. The summed E-state index contributed by atoms with van der Waals surface area (Å²) in [5, 5.41) is 15.6. The molecule has 2 N–H and O–H groups in total. The molecule has 0 spiro atoms. The van der Waals surface area contributed by atoms with Crippen LogP contribution >= 0.6 is 22.7 Å². The summed E-state index contributed by atoms with van der Waals surface area (Å²) >= 11 is 2.64. The number of carboxylic acids is 1. The topological polar surface area (TPSA) is 79.3 Å². The number of nitrogens with zero attached hydrogens (tertiary/aromatic N) is 1. The molecule has 1 amide bonds. The van der Waals surface area contributed by atoms with Crippen LogP contribution in [0.25, 0.3) is 0 Å². The van der Waals surface area contributed by atoms with Crippen molar-refractivity contribution in [3.8, 4) is 0 Å². The molecule has 2 rings (SSSR count). The van der Waals surface area contributed by atoms with Gasteiger partial charge >= 0.3 is 5.97 Å². The van der Waals surface area contributed by atoms with Crippen LogP contribution in [0.3, 0.4) is 0 Å². The molecule has 7 heteroatoms. The standard InChI is InChI=1S/C13H14N2O3S2/c1-3-8-4-5-19-10(8)11(16)14-7(2)12-15-9(6-20-12)13(17)18/h4-7H,3H2,1-2H3,(H,14,16)(H,17,18). The number of carbonyl (C=O) groups excluding carboxylic acids is 1. The highest BCUT2D eigenvalue weighted by atomic mass is 32.1. The largest absolute Gasteiger partial charge is 0.476 e. The third-order valence-electron chi connectivity index (χ3n) is 2.79. The molecular weight excluding hydrogens is 296 g/mol. The molecule has 0 aliphatic heterocycles. The summed E-state index contributed by atoms with van der Waals surface area (Å²) in [6, 6.07) is 1.63. The van der Waals surface area contributed by atoms with Crippen molar-refractivity contribution in [3.63, 3.8) is 0 Å². The van der Waals surface area contributed by atoms with Gasteiger partial charge in [0.15, 0.2) is 5.69 Å². The van der Waals surface area contributed by atoms with Crippen molar-refractivity contribution in [1.29, 1.82) is 0 Å². The van der Waals surface area contributed by atoms with E-state index in [0.29, 0.717) is 9.88 Å². The van der Waals surface area contributed by atoms with Gasteiger partial charge in [-0.25, -0.2) is 9.78 Å². The molecule has 0 aliphatic rings. The highest BCUT2D eigenvalue weighted by molar-refractivity contribution is 7.12. The van der Waals surface area contributed by atoms with E-state index in [-0.39, 0.29) is 17.6 Å². The van der Waals surface area contributed by atoms with Gasteiger partial charge in [0.2, 0.25) is 0 Å². The summed E-state index contributed by atoms with van der Waals surface area (Å²) in [6.07, 6.45) is 0.807. The fraction of sp³-hybridized carbons (Fsp3) is 0.308. The van der Waals surface area contributed by atoms with E-state index in [1.807, 2.05) is 18.4 Å². The maximum atomic E-state index is 12.2. The average Bonchev–Trinajstić information content (AvgIpc) is 3.07. The number of aromatic carboxylic acids is 1. The Kier molecular flexibility index (Phi) is 4.51. The SMILES string of the molecule is CCc1ccsc1C(=O)NC(C)c1nc(C(=O)O)cs1. The molecule has 2 aromatic heterocycles. The van der Waals surface area contributed by atoms with Crippen molar-refractivity contribution >= 4 is 34.6 Å². The molecule has 0 radical (unpaired) electrons. The molecule has 0 aliphatic carbocycles. The summed E-state index contributed by atoms with van der Waals surface area (Å²) in [5.41, 5.74) is 1.03. The van der Waals surface area contributed by atoms with Gasteiger partial charge in [0, 0.05) is 5.38 Å². The van der Waals surface area contributed by atoms with E-state index in [1.165, 1.54) is 28.1 Å². The average molecular weight is 310 g/mol. The third kappa shape index (κ3) is 3.05. The van der Waals surface area contributed by atoms with E-state index in [4.69, 9.17) is 5.11 Å². The van der Waals surface area contributed by atoms with E-state index in [0.717, 1.165) is 12.0 Å². The first-order valence-corrected chi connectivity index (χ1v) is 7.84. The van der Waals surface area contributed by atoms with Crippen LogP contribution in [0.4, 0.5) is 0 Å². The van der Waals surface area contributed by atoms with Crippen LogP contribution < -0.4 is 5.32 Å². The Bertz CT molecular complexity index is 633. The number of hydrogen-bond acceptors (Lipinski definition) is 5. The van der Waals surface area contributed by atoms with Gasteiger partial charge in [-0.1, -0.05) is 6.92 Å². The van der Waals surface area contributed by atoms with Crippen LogP contribution in [-0.4, -0.2) is 22.0 Å². The van der Waals surface area contributed by atoms with Crippen molar-refractivity contribution in [1.82, 2.24) is 10.3 Å². The number of hydrogen-bond donors (Lipinski definition) is 2. The Morgan fingerprint density at radius 1 is 1.45 bits per heavy atom. The third-order valence-corrected chi connectivity index (χ3v) is 4.78. The first kappa shape index (κ1) is 14.7. The molecule has 2 heterocycles. The predicted octanol–water partition coefficient (Wildman–Crippen LogP) is 2.96. The summed E-state index contributed by atoms with van der Waals surface area (Å²) in [6.45, 7) is 3.80. The number of carboxylic acid groups (broad SMARTS) is 1. The molecule has 20 heavy (non-hydrogen) atoms. The van der Waals surface area contributed by atoms with Gasteiger partial charge in [0.25, 0.3) is 5.91 Å². The predicted molar refractivity (Wildman–Crippen MR) is 78.7 cm³/mol. The van der Waals surface area contributed by atoms with Crippen LogP contribution in [0.15, 0.2) is 16.8 Å². The Hall–Kier alpha value is -1.73. The second-order valence-electron chi connectivity index (χ2n) is 4.20. The quantitative estimate of drug-likeness (QED) is 0.890. The molecule has 0 aromatic carbocycles. The zero-order chi connectivity index (χ0) is 14.7. The van der Waals surface area contributed by atoms with Crippen LogP contribution in [-0.2, 0) is 6.42 Å². The van der Waals surface area contributed by atoms with Gasteiger partial charge in [-0.15, -0.1) is 22.7 Å². The van der Waals surface area contributed by atoms with Gasteiger partial charge in [0.05, 0.1) is 10.9 Å². The summed E-state index contributed by atoms with van der Waals surface area (Å²) in [7, 11) is 0. The number of rotatable bonds is 5. The Morgan fingerprint density at radius 2 is 2.20 bits per heavy atom. The van der Waals surface area contributed by atoms with Crippen molar-refractivity contribution < 1.29 is 14.7 Å². The van der Waals surface area contributed by atoms with Gasteiger partial charge in [-0.05, 0) is 30.4 Å². The molecule has 0 saturated carbocycles. The van der Waals surface area contributed by atoms with E-state index >= 15 is 0 Å². The highest BCUT2D eigenvalue weighted by Crippen LogP contribution is 2.21. The summed E-state index contributed by atoms with van der Waals surface area (Å²) in [4.78, 5) is 27.7. The van der Waals surface area contributed by atoms with Gasteiger partial charge in [-0.2, -0.15) is 0 Å². The number of aromatic nitrogens is 1. The van der Waals surface area contributed by atoms with Crippen molar-refractivity contribution in [3.05, 3.63) is 38.0 Å². The Morgan fingerprint density at radius 3 is 2.80 bits per heavy atom. The van der Waals surface area contributed by atoms with Gasteiger partial charge in [0.1, 0.15) is 5.01 Å². The number of nitrogens with one attached hydrogen (secondary N) is 1. The molecule has 0 saturated heterocycles. The van der Waals surface area contributed by atoms with Crippen molar-refractivity contribution in [2.45, 2.75) is 26.3 Å². The maximum Gasteiger partial charge on any atom is 0.355 e. The molecule has 1 atom stereocenters. The van der Waals surface area contributed by atoms with Gasteiger partial charge < -0.3 is 10.4 Å². The highest BCUT2D eigenvalue weighted by Gasteiger charge is 2.18. The second-order valence-corrected chi connectivity index (χ2v) is 6.01. The monoisotopic (exact) mass is 310 g/mol. The molecule has 1 unspecified atom stereocenters. The molecule has 2 aromatic rings. The molecule has 0 bridgehead atoms. The van der Waals surface area contributed by atoms with E-state index < -0.39 is 5.97 Å². The number of thiazole rings is 1. The fourth-order valence-corrected chi connectivity index (χ4v) is 3.42. The molecule has 0 fully saturated rings. The number of thiophene rings is 1. The minimum atomic E-state index is -1.06. The lowest BCUT2D eigenvalue weighted by molar-refractivity contribution is 0.0691. The summed E-state index contributed by atoms with van der Waals surface area (Å²) in [5.74, 6) is -1.20. The fourth-order valence-electron chi connectivity index (χ4n) is 1.72. The molecule has 106 valence electrons. The van der Waals surface area contributed by atoms with Crippen LogP contribution in [0.1, 0.15) is 50.6 Å². The van der Waals surface area contributed by atoms with Gasteiger partial charge in [-0.3, -0.25) is 4.79 Å². The van der Waals surface area contributed by atoms with Crippen LogP contribution in [0, 0.1) is 0 Å². The first-order chi connectivity index (χ1) is 9.52. The smallest absolute Gasteiger partial charge is 0.355 e. The number of carbonyl (C=O) groups is 2. The first-order valence-electron chi connectivity index (χ1n) is 6.08. The lowest BCUT2D eigenvalue weighted by Gasteiger charge is -2.11. The molecule has 5 nitrogen and oxygen atoms in total. The Balaban J connectivity index is 2.09. The van der Waals surface area contributed by atoms with Crippen molar-refractivity contribution in [2.75, 3.05) is 0 Å². The zero-order valence-electron chi connectivity index (χ0n) is 11.0. The second kappa shape index (κ2) is 6.15. The molecular formula is C13H14N2O3S2. The minimum Gasteiger partial charge on any atom is -0.476 e. The zero-order valence-corrected chi connectivity index (χ0v) is 12.7. The van der Waals surface area contributed by atoms with Crippen LogP contribution in [0.2, 0.25) is 0 Å². The van der Waals surface area contributed by atoms with E-state index in [2.05, 4.69) is 10.3 Å². The number of amides is 1. The number of aryl methyl sites for hydroxylation is 1. The summed E-state index contributed by atoms with van der Waals surface area (Å²) < 4.78 is 0. The van der Waals surface area contributed by atoms with E-state index in [9.17, 15) is 9.59 Å². The van der Waals surface area contributed by atoms with Crippen LogP contribution in [0.5, 0.6) is 0 Å². The normalized spacial score (nSPS) is 12.1. The Labute approximate surface area is 124 Å². The maximum absolute atomic E-state index is 12.2. The van der Waals surface area contributed by atoms with E-state index in [1.54, 1.807) is 6.92 Å². The van der Waals surface area contributed by atoms with Crippen molar-refractivity contribution in [2.24, 2.45) is 0 Å². The lowest BCUT2D eigenvalue weighted by Crippen LogP contribution is -2.26. The minimum absolute atomic E-state index is 0.0106.